The lowest BCUT2D eigenvalue weighted by Gasteiger charge is -2.34. The molecule has 1 heterocycles. The largest absolute Gasteiger partial charge is 0.508 e. The van der Waals surface area contributed by atoms with E-state index in [0.717, 1.165) is 37.0 Å². The van der Waals surface area contributed by atoms with Gasteiger partial charge < -0.3 is 10.4 Å². The van der Waals surface area contributed by atoms with Crippen LogP contribution in [0, 0.1) is 0 Å². The lowest BCUT2D eigenvalue weighted by Crippen LogP contribution is -2.45. The third kappa shape index (κ3) is 3.63. The minimum Gasteiger partial charge on any atom is -0.508 e. The molecule has 1 atom stereocenters. The molecule has 3 rings (SSSR count). The van der Waals surface area contributed by atoms with Gasteiger partial charge in [-0.05, 0) is 16.8 Å². The smallest absolute Gasteiger partial charge is 0.121 e. The van der Waals surface area contributed by atoms with Gasteiger partial charge in [0.15, 0.2) is 0 Å². The lowest BCUT2D eigenvalue weighted by molar-refractivity contribution is 0.146. The Hall–Kier alpha value is -1.07. The lowest BCUT2D eigenvalue weighted by atomic mass is 9.96. The van der Waals surface area contributed by atoms with Crippen LogP contribution < -0.4 is 5.32 Å². The number of alkyl halides is 1. The van der Waals surface area contributed by atoms with E-state index in [-0.39, 0.29) is 36.6 Å². The van der Waals surface area contributed by atoms with Gasteiger partial charge in [0, 0.05) is 31.7 Å². The fraction of sp³-hybridized carbons (Fsp3) is 0.375. The standard InChI is InChI=1S/C16H19FN2O.2ClH/c17-11-14(19-9-7-18-8-10-19)16-13-4-2-1-3-12(13)5-6-15(16)20;;/h1-6,14,18,20H,7-11H2;2*1H/t14-;;/m1../s1. The van der Waals surface area contributed by atoms with E-state index >= 15 is 0 Å². The second kappa shape index (κ2) is 8.53. The van der Waals surface area contributed by atoms with Crippen LogP contribution in [0.5, 0.6) is 5.75 Å². The van der Waals surface area contributed by atoms with Gasteiger partial charge in [-0.15, -0.1) is 24.8 Å². The van der Waals surface area contributed by atoms with Crippen LogP contribution in [0.2, 0.25) is 0 Å². The summed E-state index contributed by atoms with van der Waals surface area (Å²) in [5.41, 5.74) is 0.715. The molecule has 22 heavy (non-hydrogen) atoms. The fourth-order valence-electron chi connectivity index (χ4n) is 2.99. The molecule has 0 aromatic heterocycles. The molecule has 0 aliphatic carbocycles. The number of piperazine rings is 1. The van der Waals surface area contributed by atoms with E-state index < -0.39 is 6.67 Å². The van der Waals surface area contributed by atoms with Crippen LogP contribution in [0.3, 0.4) is 0 Å². The van der Waals surface area contributed by atoms with Crippen LogP contribution in [-0.4, -0.2) is 42.9 Å². The predicted molar refractivity (Wildman–Crippen MR) is 93.3 cm³/mol. The Morgan fingerprint density at radius 1 is 1.09 bits per heavy atom. The maximum absolute atomic E-state index is 13.7. The van der Waals surface area contributed by atoms with E-state index in [9.17, 15) is 9.50 Å². The van der Waals surface area contributed by atoms with Crippen LogP contribution in [0.25, 0.3) is 10.8 Å². The van der Waals surface area contributed by atoms with Crippen molar-refractivity contribution in [2.24, 2.45) is 0 Å². The molecule has 122 valence electrons. The highest BCUT2D eigenvalue weighted by atomic mass is 35.5. The topological polar surface area (TPSA) is 35.5 Å². The Morgan fingerprint density at radius 3 is 2.45 bits per heavy atom. The number of fused-ring (bicyclic) bond motifs is 1. The summed E-state index contributed by atoms with van der Waals surface area (Å²) in [7, 11) is 0. The first-order valence-electron chi connectivity index (χ1n) is 7.02. The van der Waals surface area contributed by atoms with E-state index in [0.29, 0.717) is 5.56 Å². The van der Waals surface area contributed by atoms with E-state index in [1.165, 1.54) is 0 Å². The summed E-state index contributed by atoms with van der Waals surface area (Å²) < 4.78 is 13.7. The van der Waals surface area contributed by atoms with E-state index in [1.807, 2.05) is 30.3 Å². The average molecular weight is 347 g/mol. The Labute approximate surface area is 142 Å². The van der Waals surface area contributed by atoms with Gasteiger partial charge in [-0.1, -0.05) is 30.3 Å². The number of hydrogen-bond acceptors (Lipinski definition) is 3. The SMILES string of the molecule is Cl.Cl.Oc1ccc2ccccc2c1[C@@H](CF)N1CCNCC1. The molecule has 0 amide bonds. The number of nitrogens with one attached hydrogen (secondary N) is 1. The first-order chi connectivity index (χ1) is 9.81. The Morgan fingerprint density at radius 2 is 1.77 bits per heavy atom. The molecular formula is C16H21Cl2FN2O. The van der Waals surface area contributed by atoms with Crippen molar-refractivity contribution in [3.63, 3.8) is 0 Å². The molecule has 0 saturated carbocycles. The summed E-state index contributed by atoms with van der Waals surface area (Å²) in [6, 6.07) is 11.0. The maximum Gasteiger partial charge on any atom is 0.121 e. The van der Waals surface area contributed by atoms with Gasteiger partial charge >= 0.3 is 0 Å². The van der Waals surface area contributed by atoms with E-state index in [1.54, 1.807) is 6.07 Å². The van der Waals surface area contributed by atoms with Gasteiger partial charge in [0.2, 0.25) is 0 Å². The molecule has 0 radical (unpaired) electrons. The number of rotatable bonds is 3. The molecule has 2 N–H and O–H groups in total. The van der Waals surface area contributed by atoms with Crippen molar-refractivity contribution in [3.05, 3.63) is 42.0 Å². The maximum atomic E-state index is 13.7. The highest BCUT2D eigenvalue weighted by Gasteiger charge is 2.26. The number of nitrogens with zero attached hydrogens (tertiary/aromatic N) is 1. The first-order valence-corrected chi connectivity index (χ1v) is 7.02. The van der Waals surface area contributed by atoms with Gasteiger partial charge in [-0.2, -0.15) is 0 Å². The first kappa shape index (κ1) is 19.0. The Kier molecular flexibility index (Phi) is 7.36. The van der Waals surface area contributed by atoms with Crippen molar-refractivity contribution in [2.75, 3.05) is 32.9 Å². The third-order valence-corrected chi connectivity index (χ3v) is 4.02. The molecule has 0 unspecified atom stereocenters. The quantitative estimate of drug-likeness (QED) is 0.894. The molecule has 1 saturated heterocycles. The summed E-state index contributed by atoms with van der Waals surface area (Å²) in [6.07, 6.45) is 0. The minimum atomic E-state index is -0.485. The normalized spacial score (nSPS) is 16.6. The summed E-state index contributed by atoms with van der Waals surface area (Å²) in [6.45, 7) is 2.85. The van der Waals surface area contributed by atoms with Crippen molar-refractivity contribution >= 4 is 35.6 Å². The summed E-state index contributed by atoms with van der Waals surface area (Å²) in [5.74, 6) is 0.185. The molecule has 0 bridgehead atoms. The number of aromatic hydroxyl groups is 1. The summed E-state index contributed by atoms with van der Waals surface area (Å²) >= 11 is 0. The summed E-state index contributed by atoms with van der Waals surface area (Å²) in [4.78, 5) is 2.11. The van der Waals surface area contributed by atoms with Crippen LogP contribution in [0.4, 0.5) is 4.39 Å². The zero-order chi connectivity index (χ0) is 13.9. The van der Waals surface area contributed by atoms with Crippen LogP contribution in [0.15, 0.2) is 36.4 Å². The van der Waals surface area contributed by atoms with Gasteiger partial charge in [-0.3, -0.25) is 4.90 Å². The monoisotopic (exact) mass is 346 g/mol. The second-order valence-electron chi connectivity index (χ2n) is 5.18. The van der Waals surface area contributed by atoms with Crippen molar-refractivity contribution in [2.45, 2.75) is 6.04 Å². The molecule has 1 aliphatic rings. The number of halogens is 3. The molecule has 6 heteroatoms. The van der Waals surface area contributed by atoms with Gasteiger partial charge in [0.1, 0.15) is 12.4 Å². The molecule has 1 fully saturated rings. The van der Waals surface area contributed by atoms with Crippen LogP contribution in [-0.2, 0) is 0 Å². The Balaban J connectivity index is 0.00000121. The molecule has 2 aromatic carbocycles. The minimum absolute atomic E-state index is 0. The zero-order valence-corrected chi connectivity index (χ0v) is 13.8. The summed E-state index contributed by atoms with van der Waals surface area (Å²) in [5, 5.41) is 15.5. The molecule has 3 nitrogen and oxygen atoms in total. The van der Waals surface area contributed by atoms with Gasteiger partial charge in [-0.25, -0.2) is 4.39 Å². The number of benzene rings is 2. The number of hydrogen-bond donors (Lipinski definition) is 2. The second-order valence-corrected chi connectivity index (χ2v) is 5.18. The van der Waals surface area contributed by atoms with Crippen LogP contribution >= 0.6 is 24.8 Å². The van der Waals surface area contributed by atoms with Gasteiger partial charge in [0.25, 0.3) is 0 Å². The molecular weight excluding hydrogens is 326 g/mol. The van der Waals surface area contributed by atoms with Crippen LogP contribution in [0.1, 0.15) is 11.6 Å². The van der Waals surface area contributed by atoms with Crippen molar-refractivity contribution < 1.29 is 9.50 Å². The molecule has 2 aromatic rings. The highest BCUT2D eigenvalue weighted by molar-refractivity contribution is 5.88. The van der Waals surface area contributed by atoms with Crippen molar-refractivity contribution in [3.8, 4) is 5.75 Å². The molecule has 1 aliphatic heterocycles. The average Bonchev–Trinajstić information content (AvgIpc) is 2.51. The van der Waals surface area contributed by atoms with Crippen molar-refractivity contribution in [1.29, 1.82) is 0 Å². The van der Waals surface area contributed by atoms with E-state index in [2.05, 4.69) is 10.2 Å². The highest BCUT2D eigenvalue weighted by Crippen LogP contribution is 2.35. The fourth-order valence-corrected chi connectivity index (χ4v) is 2.99. The van der Waals surface area contributed by atoms with Gasteiger partial charge in [0.05, 0.1) is 6.04 Å². The number of phenols is 1. The van der Waals surface area contributed by atoms with Crippen molar-refractivity contribution in [1.82, 2.24) is 10.2 Å². The number of phenolic OH excluding ortho intramolecular Hbond substituents is 1. The zero-order valence-electron chi connectivity index (χ0n) is 12.2. The van der Waals surface area contributed by atoms with E-state index in [4.69, 9.17) is 0 Å². The third-order valence-electron chi connectivity index (χ3n) is 4.02. The Bertz CT molecular complexity index is 606. The molecule has 0 spiro atoms. The predicted octanol–water partition coefficient (Wildman–Crippen LogP) is 3.30.